The Bertz CT molecular complexity index is 327. The highest BCUT2D eigenvalue weighted by Gasteiger charge is 2.02. The van der Waals surface area contributed by atoms with E-state index in [4.69, 9.17) is 33.4 Å². The molecule has 0 aliphatic heterocycles. The predicted octanol–water partition coefficient (Wildman–Crippen LogP) is -0.313. The summed E-state index contributed by atoms with van der Waals surface area (Å²) in [6.45, 7) is 1.04. The first kappa shape index (κ1) is 19.0. The standard InChI is InChI=1S/C6H5ClO2.C5H13ClN.ClH/c7-5-2-1-4(8)3-6(5)9;1-7(2,3)5-4-6;/h1-3,8-9H;4-5H2,1-3H3;1H/q;+1;/p-1. The second-order valence-electron chi connectivity index (χ2n) is 4.34. The molecule has 0 fully saturated rings. The van der Waals surface area contributed by atoms with Gasteiger partial charge < -0.3 is 27.1 Å². The molecule has 0 saturated heterocycles. The van der Waals surface area contributed by atoms with Crippen LogP contribution in [0.25, 0.3) is 0 Å². The monoisotopic (exact) mass is 301 g/mol. The lowest BCUT2D eigenvalue weighted by molar-refractivity contribution is -0.867. The third kappa shape index (κ3) is 10.5. The van der Waals surface area contributed by atoms with Crippen molar-refractivity contribution >= 4 is 23.2 Å². The maximum atomic E-state index is 8.81. The molecule has 1 rings (SSSR count). The molecule has 0 aromatic heterocycles. The number of quaternary nitrogens is 1. The Balaban J connectivity index is 0. The number of aromatic hydroxyl groups is 2. The Morgan fingerprint density at radius 2 is 1.71 bits per heavy atom. The van der Waals surface area contributed by atoms with Crippen LogP contribution in [-0.4, -0.2) is 48.3 Å². The molecule has 0 atom stereocenters. The van der Waals surface area contributed by atoms with Gasteiger partial charge in [-0.15, -0.1) is 11.6 Å². The van der Waals surface area contributed by atoms with Crippen LogP contribution < -0.4 is 12.4 Å². The Labute approximate surface area is 119 Å². The van der Waals surface area contributed by atoms with E-state index < -0.39 is 0 Å². The number of hydrogen-bond acceptors (Lipinski definition) is 2. The SMILES string of the molecule is C[N+](C)(C)CCCl.Oc1ccc(Cl)c(O)c1.[Cl-]. The van der Waals surface area contributed by atoms with E-state index in [1.165, 1.54) is 18.2 Å². The van der Waals surface area contributed by atoms with E-state index in [9.17, 15) is 0 Å². The first-order valence-electron chi connectivity index (χ1n) is 4.80. The van der Waals surface area contributed by atoms with Crippen LogP contribution >= 0.6 is 23.2 Å². The molecule has 1 aromatic carbocycles. The Hall–Kier alpha value is -0.350. The van der Waals surface area contributed by atoms with Gasteiger partial charge in [0, 0.05) is 6.07 Å². The lowest BCUT2D eigenvalue weighted by atomic mass is 10.3. The van der Waals surface area contributed by atoms with Crippen molar-refractivity contribution in [3.8, 4) is 11.5 Å². The highest BCUT2D eigenvalue weighted by Crippen LogP contribution is 2.26. The van der Waals surface area contributed by atoms with E-state index in [2.05, 4.69) is 21.1 Å². The summed E-state index contributed by atoms with van der Waals surface area (Å²) in [5.41, 5.74) is 0. The van der Waals surface area contributed by atoms with Crippen LogP contribution in [0.1, 0.15) is 0 Å². The van der Waals surface area contributed by atoms with Gasteiger partial charge in [-0.25, -0.2) is 0 Å². The molecule has 0 spiro atoms. The summed E-state index contributed by atoms with van der Waals surface area (Å²) in [5, 5.41) is 17.8. The molecule has 0 saturated carbocycles. The third-order valence-electron chi connectivity index (χ3n) is 1.69. The number of nitrogens with zero attached hydrogens (tertiary/aromatic N) is 1. The van der Waals surface area contributed by atoms with E-state index in [1.807, 2.05) is 0 Å². The maximum Gasteiger partial charge on any atom is 0.137 e. The van der Waals surface area contributed by atoms with E-state index in [1.54, 1.807) is 0 Å². The van der Waals surface area contributed by atoms with Gasteiger partial charge in [0.2, 0.25) is 0 Å². The van der Waals surface area contributed by atoms with Crippen LogP contribution in [0.5, 0.6) is 11.5 Å². The normalized spacial score (nSPS) is 9.94. The average molecular weight is 303 g/mol. The fourth-order valence-electron chi connectivity index (χ4n) is 0.755. The third-order valence-corrected chi connectivity index (χ3v) is 2.17. The largest absolute Gasteiger partial charge is 1.00 e. The van der Waals surface area contributed by atoms with Gasteiger partial charge in [0.25, 0.3) is 0 Å². The predicted molar refractivity (Wildman–Crippen MR) is 68.4 cm³/mol. The number of rotatable bonds is 2. The number of alkyl halides is 1. The second-order valence-corrected chi connectivity index (χ2v) is 5.12. The fraction of sp³-hybridized carbons (Fsp3) is 0.455. The Morgan fingerprint density at radius 1 is 1.18 bits per heavy atom. The van der Waals surface area contributed by atoms with Crippen LogP contribution in [0.2, 0.25) is 5.02 Å². The van der Waals surface area contributed by atoms with Gasteiger partial charge in [-0.2, -0.15) is 0 Å². The van der Waals surface area contributed by atoms with Gasteiger partial charge in [-0.05, 0) is 12.1 Å². The smallest absolute Gasteiger partial charge is 0.137 e. The summed E-state index contributed by atoms with van der Waals surface area (Å²) in [7, 11) is 6.38. The van der Waals surface area contributed by atoms with E-state index >= 15 is 0 Å². The van der Waals surface area contributed by atoms with Crippen molar-refractivity contribution in [2.24, 2.45) is 0 Å². The zero-order valence-electron chi connectivity index (χ0n) is 10.1. The molecule has 0 heterocycles. The molecule has 2 N–H and O–H groups in total. The van der Waals surface area contributed by atoms with Gasteiger partial charge in [0.1, 0.15) is 11.5 Å². The molecule has 0 aliphatic carbocycles. The van der Waals surface area contributed by atoms with Gasteiger partial charge in [-0.3, -0.25) is 0 Å². The summed E-state index contributed by atoms with van der Waals surface area (Å²) < 4.78 is 0.962. The van der Waals surface area contributed by atoms with Crippen molar-refractivity contribution in [3.05, 3.63) is 23.2 Å². The highest BCUT2D eigenvalue weighted by atomic mass is 35.5. The van der Waals surface area contributed by atoms with E-state index in [0.717, 1.165) is 16.9 Å². The highest BCUT2D eigenvalue weighted by molar-refractivity contribution is 6.32. The fourth-order valence-corrected chi connectivity index (χ4v) is 1.38. The van der Waals surface area contributed by atoms with Gasteiger partial charge in [-0.1, -0.05) is 11.6 Å². The number of phenols is 2. The van der Waals surface area contributed by atoms with Crippen molar-refractivity contribution in [2.75, 3.05) is 33.6 Å². The average Bonchev–Trinajstić information content (AvgIpc) is 2.11. The molecule has 0 amide bonds. The van der Waals surface area contributed by atoms with Crippen LogP contribution in [0, 0.1) is 0 Å². The lowest BCUT2D eigenvalue weighted by Crippen LogP contribution is -3.00. The van der Waals surface area contributed by atoms with Crippen LogP contribution in [-0.2, 0) is 0 Å². The van der Waals surface area contributed by atoms with Crippen molar-refractivity contribution in [3.63, 3.8) is 0 Å². The number of halogens is 3. The van der Waals surface area contributed by atoms with Crippen LogP contribution in [0.4, 0.5) is 0 Å². The topological polar surface area (TPSA) is 40.5 Å². The summed E-state index contributed by atoms with van der Waals surface area (Å²) in [5.74, 6) is 0.664. The molecule has 0 unspecified atom stereocenters. The van der Waals surface area contributed by atoms with Crippen molar-refractivity contribution in [1.29, 1.82) is 0 Å². The molecular formula is C11H18Cl3NO2. The molecule has 17 heavy (non-hydrogen) atoms. The summed E-state index contributed by atoms with van der Waals surface area (Å²) >= 11 is 10.9. The quantitative estimate of drug-likeness (QED) is 0.581. The number of phenolic OH excluding ortho intramolecular Hbond substituents is 2. The maximum absolute atomic E-state index is 8.81. The molecular weight excluding hydrogens is 284 g/mol. The zero-order valence-corrected chi connectivity index (χ0v) is 12.4. The molecule has 0 bridgehead atoms. The molecule has 0 radical (unpaired) electrons. The molecule has 6 heteroatoms. The van der Waals surface area contributed by atoms with Crippen molar-refractivity contribution in [2.45, 2.75) is 0 Å². The summed E-state index contributed by atoms with van der Waals surface area (Å²) in [4.78, 5) is 0. The molecule has 1 aromatic rings. The van der Waals surface area contributed by atoms with Crippen LogP contribution in [0.15, 0.2) is 18.2 Å². The molecule has 100 valence electrons. The van der Waals surface area contributed by atoms with Crippen molar-refractivity contribution in [1.82, 2.24) is 0 Å². The summed E-state index contributed by atoms with van der Waals surface area (Å²) in [6.07, 6.45) is 0. The minimum atomic E-state index is -0.100. The minimum Gasteiger partial charge on any atom is -1.00 e. The first-order valence-corrected chi connectivity index (χ1v) is 5.71. The minimum absolute atomic E-state index is 0. The first-order chi connectivity index (χ1) is 7.26. The lowest BCUT2D eigenvalue weighted by Gasteiger charge is -2.21. The van der Waals surface area contributed by atoms with Gasteiger partial charge >= 0.3 is 0 Å². The van der Waals surface area contributed by atoms with E-state index in [0.29, 0.717) is 0 Å². The van der Waals surface area contributed by atoms with Crippen LogP contribution in [0.3, 0.4) is 0 Å². The zero-order chi connectivity index (χ0) is 12.8. The second kappa shape index (κ2) is 8.70. The Morgan fingerprint density at radius 3 is 1.94 bits per heavy atom. The summed E-state index contributed by atoms with van der Waals surface area (Å²) in [6, 6.07) is 4.01. The van der Waals surface area contributed by atoms with Crippen molar-refractivity contribution < 1.29 is 27.1 Å². The molecule has 0 aliphatic rings. The number of hydrogen-bond donors (Lipinski definition) is 2. The Kier molecular flexibility index (Phi) is 9.72. The van der Waals surface area contributed by atoms with Gasteiger partial charge in [0.15, 0.2) is 0 Å². The molecule has 3 nitrogen and oxygen atoms in total. The van der Waals surface area contributed by atoms with Gasteiger partial charge in [0.05, 0.1) is 38.6 Å². The van der Waals surface area contributed by atoms with E-state index in [-0.39, 0.29) is 28.9 Å². The number of benzene rings is 1.